The third-order valence-electron chi connectivity index (χ3n) is 3.15. The van der Waals surface area contributed by atoms with Crippen LogP contribution in [-0.2, 0) is 17.7 Å². The molecular formula is C15H26N2S2. The highest BCUT2D eigenvalue weighted by molar-refractivity contribution is 7.98. The van der Waals surface area contributed by atoms with Crippen LogP contribution in [0.4, 0.5) is 0 Å². The van der Waals surface area contributed by atoms with Crippen LogP contribution in [0.2, 0.25) is 0 Å². The number of hydrogen-bond donors (Lipinski definition) is 1. The predicted octanol–water partition coefficient (Wildman–Crippen LogP) is 4.34. The molecule has 1 aliphatic carbocycles. The summed E-state index contributed by atoms with van der Waals surface area (Å²) >= 11 is 3.92. The van der Waals surface area contributed by atoms with Crippen molar-refractivity contribution in [3.05, 3.63) is 15.6 Å². The SMILES string of the molecule is CCCSCc1nc(C(C)(C)C)c(CNC2CC2)s1. The molecule has 0 bridgehead atoms. The van der Waals surface area contributed by atoms with Gasteiger partial charge in [-0.1, -0.05) is 27.7 Å². The summed E-state index contributed by atoms with van der Waals surface area (Å²) in [6.45, 7) is 10.1. The highest BCUT2D eigenvalue weighted by Gasteiger charge is 2.25. The third kappa shape index (κ3) is 4.76. The molecule has 0 spiro atoms. The fourth-order valence-corrected chi connectivity index (χ4v) is 4.18. The zero-order valence-corrected chi connectivity index (χ0v) is 14.2. The number of thiazole rings is 1. The van der Waals surface area contributed by atoms with Gasteiger partial charge in [0.2, 0.25) is 0 Å². The molecule has 108 valence electrons. The second-order valence-corrected chi connectivity index (χ2v) is 8.61. The molecule has 1 fully saturated rings. The minimum atomic E-state index is 0.157. The molecule has 0 radical (unpaired) electrons. The Balaban J connectivity index is 2.03. The molecule has 0 atom stereocenters. The second-order valence-electron chi connectivity index (χ2n) is 6.34. The monoisotopic (exact) mass is 298 g/mol. The summed E-state index contributed by atoms with van der Waals surface area (Å²) in [5.74, 6) is 2.31. The standard InChI is InChI=1S/C15H26N2S2/c1-5-8-18-10-13-17-14(15(2,3)4)12(19-13)9-16-11-6-7-11/h11,16H,5-10H2,1-4H3. The van der Waals surface area contributed by atoms with Crippen molar-refractivity contribution in [1.82, 2.24) is 10.3 Å². The summed E-state index contributed by atoms with van der Waals surface area (Å²) in [5.41, 5.74) is 1.46. The number of rotatable bonds is 7. The highest BCUT2D eigenvalue weighted by Crippen LogP contribution is 2.32. The van der Waals surface area contributed by atoms with Crippen LogP contribution < -0.4 is 5.32 Å². The summed E-state index contributed by atoms with van der Waals surface area (Å²) in [5, 5.41) is 4.93. The van der Waals surface area contributed by atoms with Crippen molar-refractivity contribution in [3.63, 3.8) is 0 Å². The van der Waals surface area contributed by atoms with E-state index in [4.69, 9.17) is 4.98 Å². The lowest BCUT2D eigenvalue weighted by Crippen LogP contribution is -2.19. The van der Waals surface area contributed by atoms with Gasteiger partial charge in [0.15, 0.2) is 0 Å². The summed E-state index contributed by atoms with van der Waals surface area (Å²) in [6.07, 6.45) is 3.95. The van der Waals surface area contributed by atoms with Gasteiger partial charge in [0.1, 0.15) is 5.01 Å². The van der Waals surface area contributed by atoms with Gasteiger partial charge in [0.25, 0.3) is 0 Å². The molecule has 2 nitrogen and oxygen atoms in total. The Kier molecular flexibility index (Phi) is 5.32. The Morgan fingerprint density at radius 2 is 2.11 bits per heavy atom. The summed E-state index contributed by atoms with van der Waals surface area (Å²) in [4.78, 5) is 6.36. The van der Waals surface area contributed by atoms with Crippen molar-refractivity contribution in [3.8, 4) is 0 Å². The van der Waals surface area contributed by atoms with E-state index in [-0.39, 0.29) is 5.41 Å². The smallest absolute Gasteiger partial charge is 0.103 e. The van der Waals surface area contributed by atoms with Gasteiger partial charge in [0, 0.05) is 28.6 Å². The number of aromatic nitrogens is 1. The minimum Gasteiger partial charge on any atom is -0.309 e. The fourth-order valence-electron chi connectivity index (χ4n) is 2.00. The zero-order valence-electron chi connectivity index (χ0n) is 12.6. The lowest BCUT2D eigenvalue weighted by molar-refractivity contribution is 0.558. The number of nitrogens with zero attached hydrogens (tertiary/aromatic N) is 1. The maximum absolute atomic E-state index is 4.91. The van der Waals surface area contributed by atoms with Gasteiger partial charge < -0.3 is 5.32 Å². The van der Waals surface area contributed by atoms with Crippen molar-refractivity contribution in [2.75, 3.05) is 5.75 Å². The number of thioether (sulfide) groups is 1. The van der Waals surface area contributed by atoms with Crippen LogP contribution in [0.5, 0.6) is 0 Å². The highest BCUT2D eigenvalue weighted by atomic mass is 32.2. The molecular weight excluding hydrogens is 272 g/mol. The first-order valence-electron chi connectivity index (χ1n) is 7.31. The van der Waals surface area contributed by atoms with E-state index in [1.165, 1.54) is 40.6 Å². The first kappa shape index (κ1) is 15.3. The van der Waals surface area contributed by atoms with E-state index >= 15 is 0 Å². The number of nitrogens with one attached hydrogen (secondary N) is 1. The van der Waals surface area contributed by atoms with E-state index in [2.05, 4.69) is 33.0 Å². The number of hydrogen-bond acceptors (Lipinski definition) is 4. The van der Waals surface area contributed by atoms with Crippen LogP contribution in [0, 0.1) is 0 Å². The average Bonchev–Trinajstić information content (AvgIpc) is 3.06. The van der Waals surface area contributed by atoms with E-state index < -0.39 is 0 Å². The van der Waals surface area contributed by atoms with Gasteiger partial charge in [-0.15, -0.1) is 11.3 Å². The van der Waals surface area contributed by atoms with Gasteiger partial charge in [-0.05, 0) is 25.0 Å². The minimum absolute atomic E-state index is 0.157. The summed E-state index contributed by atoms with van der Waals surface area (Å²) in [7, 11) is 0. The Morgan fingerprint density at radius 3 is 2.68 bits per heavy atom. The summed E-state index contributed by atoms with van der Waals surface area (Å²) < 4.78 is 0. The second kappa shape index (κ2) is 6.59. The Hall–Kier alpha value is -0.0600. The van der Waals surface area contributed by atoms with Gasteiger partial charge >= 0.3 is 0 Å². The molecule has 0 amide bonds. The van der Waals surface area contributed by atoms with Gasteiger partial charge in [-0.25, -0.2) is 4.98 Å². The molecule has 1 saturated carbocycles. The van der Waals surface area contributed by atoms with E-state index in [9.17, 15) is 0 Å². The Morgan fingerprint density at radius 1 is 1.37 bits per heavy atom. The normalized spacial score (nSPS) is 16.0. The van der Waals surface area contributed by atoms with Crippen molar-refractivity contribution >= 4 is 23.1 Å². The molecule has 1 aromatic rings. The molecule has 0 saturated heterocycles. The molecule has 19 heavy (non-hydrogen) atoms. The molecule has 4 heteroatoms. The van der Waals surface area contributed by atoms with Crippen molar-refractivity contribution in [2.45, 2.75) is 70.7 Å². The van der Waals surface area contributed by atoms with Gasteiger partial charge in [0.05, 0.1) is 5.69 Å². The molecule has 2 rings (SSSR count). The van der Waals surface area contributed by atoms with E-state index in [1.54, 1.807) is 0 Å². The van der Waals surface area contributed by atoms with E-state index in [1.807, 2.05) is 23.1 Å². The maximum atomic E-state index is 4.91. The molecule has 0 aromatic carbocycles. The van der Waals surface area contributed by atoms with Crippen LogP contribution in [0.25, 0.3) is 0 Å². The average molecular weight is 299 g/mol. The van der Waals surface area contributed by atoms with Crippen molar-refractivity contribution in [2.24, 2.45) is 0 Å². The maximum Gasteiger partial charge on any atom is 0.103 e. The molecule has 1 aliphatic rings. The lowest BCUT2D eigenvalue weighted by Gasteiger charge is -2.17. The molecule has 0 aliphatic heterocycles. The first-order valence-corrected chi connectivity index (χ1v) is 9.28. The molecule has 1 N–H and O–H groups in total. The fraction of sp³-hybridized carbons (Fsp3) is 0.800. The molecule has 1 aromatic heterocycles. The van der Waals surface area contributed by atoms with Crippen LogP contribution in [-0.4, -0.2) is 16.8 Å². The predicted molar refractivity (Wildman–Crippen MR) is 87.1 cm³/mol. The van der Waals surface area contributed by atoms with Crippen LogP contribution in [0.15, 0.2) is 0 Å². The Labute approximate surface area is 125 Å². The molecule has 0 unspecified atom stereocenters. The largest absolute Gasteiger partial charge is 0.309 e. The zero-order chi connectivity index (χ0) is 13.9. The van der Waals surface area contributed by atoms with Crippen LogP contribution in [0.3, 0.4) is 0 Å². The molecule has 1 heterocycles. The lowest BCUT2D eigenvalue weighted by atomic mass is 9.91. The summed E-state index contributed by atoms with van der Waals surface area (Å²) in [6, 6.07) is 0.771. The van der Waals surface area contributed by atoms with Crippen molar-refractivity contribution < 1.29 is 0 Å². The third-order valence-corrected chi connectivity index (χ3v) is 5.57. The quantitative estimate of drug-likeness (QED) is 0.758. The van der Waals surface area contributed by atoms with Crippen LogP contribution in [0.1, 0.15) is 62.5 Å². The van der Waals surface area contributed by atoms with Gasteiger partial charge in [-0.3, -0.25) is 0 Å². The Bertz CT molecular complexity index is 403. The van der Waals surface area contributed by atoms with E-state index in [0.29, 0.717) is 0 Å². The van der Waals surface area contributed by atoms with Crippen LogP contribution >= 0.6 is 23.1 Å². The van der Waals surface area contributed by atoms with E-state index in [0.717, 1.165) is 18.3 Å². The first-order chi connectivity index (χ1) is 9.00. The van der Waals surface area contributed by atoms with Gasteiger partial charge in [-0.2, -0.15) is 11.8 Å². The topological polar surface area (TPSA) is 24.9 Å². The van der Waals surface area contributed by atoms with Crippen molar-refractivity contribution in [1.29, 1.82) is 0 Å².